The fourth-order valence-corrected chi connectivity index (χ4v) is 4.73. The predicted molar refractivity (Wildman–Crippen MR) is 127 cm³/mol. The first-order valence-corrected chi connectivity index (χ1v) is 11.7. The van der Waals surface area contributed by atoms with Gasteiger partial charge in [-0.1, -0.05) is 17.7 Å². The van der Waals surface area contributed by atoms with Crippen LogP contribution in [0.1, 0.15) is 19.3 Å². The van der Waals surface area contributed by atoms with E-state index in [2.05, 4.69) is 31.1 Å². The number of nitrogens with one attached hydrogen (secondary N) is 1. The summed E-state index contributed by atoms with van der Waals surface area (Å²) in [6.07, 6.45) is 6.64. The highest BCUT2D eigenvalue weighted by Gasteiger charge is 2.25. The van der Waals surface area contributed by atoms with E-state index in [0.717, 1.165) is 82.3 Å². The van der Waals surface area contributed by atoms with E-state index < -0.39 is 0 Å². The van der Waals surface area contributed by atoms with Crippen LogP contribution in [0, 0.1) is 5.92 Å². The lowest BCUT2D eigenvalue weighted by molar-refractivity contribution is -0.125. The quantitative estimate of drug-likeness (QED) is 0.668. The lowest BCUT2D eigenvalue weighted by Crippen LogP contribution is -2.47. The van der Waals surface area contributed by atoms with Crippen LogP contribution < -0.4 is 15.1 Å². The monoisotopic (exact) mass is 441 g/mol. The van der Waals surface area contributed by atoms with Gasteiger partial charge in [0.2, 0.25) is 5.91 Å². The van der Waals surface area contributed by atoms with E-state index in [9.17, 15) is 4.79 Å². The van der Waals surface area contributed by atoms with Crippen LogP contribution >= 0.6 is 11.6 Å². The fourth-order valence-electron chi connectivity index (χ4n) is 4.54. The van der Waals surface area contributed by atoms with Gasteiger partial charge < -0.3 is 15.1 Å². The number of nitrogens with zero attached hydrogens (tertiary/aromatic N) is 4. The number of benzene rings is 1. The molecule has 1 atom stereocenters. The van der Waals surface area contributed by atoms with Gasteiger partial charge in [0.25, 0.3) is 0 Å². The van der Waals surface area contributed by atoms with Crippen LogP contribution in [0.15, 0.2) is 48.8 Å². The van der Waals surface area contributed by atoms with Gasteiger partial charge in [0.1, 0.15) is 0 Å². The molecule has 6 nitrogen and oxygen atoms in total. The van der Waals surface area contributed by atoms with Gasteiger partial charge in [0.05, 0.1) is 5.92 Å². The summed E-state index contributed by atoms with van der Waals surface area (Å²) in [4.78, 5) is 23.9. The maximum absolute atomic E-state index is 12.7. The molecular formula is C24H32ClN5O. The molecule has 0 spiro atoms. The number of aromatic nitrogens is 1. The first kappa shape index (κ1) is 21.9. The van der Waals surface area contributed by atoms with Gasteiger partial charge in [0, 0.05) is 74.6 Å². The molecule has 1 aromatic heterocycles. The predicted octanol–water partition coefficient (Wildman–Crippen LogP) is 3.28. The van der Waals surface area contributed by atoms with Crippen LogP contribution in [-0.2, 0) is 4.79 Å². The van der Waals surface area contributed by atoms with Crippen molar-refractivity contribution in [1.29, 1.82) is 0 Å². The summed E-state index contributed by atoms with van der Waals surface area (Å²) in [6.45, 7) is 7.69. The number of anilines is 2. The van der Waals surface area contributed by atoms with Crippen LogP contribution in [-0.4, -0.2) is 68.1 Å². The van der Waals surface area contributed by atoms with Crippen molar-refractivity contribution in [2.45, 2.75) is 19.3 Å². The number of carbonyl (C=O) groups is 1. The van der Waals surface area contributed by atoms with Crippen molar-refractivity contribution < 1.29 is 4.79 Å². The number of piperidine rings is 1. The van der Waals surface area contributed by atoms with E-state index in [4.69, 9.17) is 11.6 Å². The molecule has 2 aliphatic heterocycles. The second-order valence-corrected chi connectivity index (χ2v) is 8.88. The summed E-state index contributed by atoms with van der Waals surface area (Å²) >= 11 is 6.12. The zero-order valence-corrected chi connectivity index (χ0v) is 18.8. The highest BCUT2D eigenvalue weighted by molar-refractivity contribution is 6.30. The summed E-state index contributed by atoms with van der Waals surface area (Å²) < 4.78 is 0. The van der Waals surface area contributed by atoms with Gasteiger partial charge in [-0.3, -0.25) is 14.7 Å². The van der Waals surface area contributed by atoms with E-state index >= 15 is 0 Å². The Labute approximate surface area is 190 Å². The van der Waals surface area contributed by atoms with Crippen LogP contribution in [0.5, 0.6) is 0 Å². The zero-order valence-electron chi connectivity index (χ0n) is 18.0. The molecule has 3 heterocycles. The lowest BCUT2D eigenvalue weighted by Gasteiger charge is -2.36. The van der Waals surface area contributed by atoms with Crippen molar-refractivity contribution >= 4 is 28.9 Å². The molecular weight excluding hydrogens is 410 g/mol. The first-order valence-electron chi connectivity index (χ1n) is 11.3. The van der Waals surface area contributed by atoms with Crippen LogP contribution in [0.2, 0.25) is 5.02 Å². The minimum absolute atomic E-state index is 0.0724. The van der Waals surface area contributed by atoms with Gasteiger partial charge in [0.15, 0.2) is 0 Å². The molecule has 1 aromatic carbocycles. The third-order valence-electron chi connectivity index (χ3n) is 6.32. The number of halogens is 1. The Kier molecular flexibility index (Phi) is 7.65. The maximum Gasteiger partial charge on any atom is 0.224 e. The van der Waals surface area contributed by atoms with E-state index in [1.165, 1.54) is 5.69 Å². The number of pyridine rings is 1. The Morgan fingerprint density at radius 1 is 1.03 bits per heavy atom. The molecule has 2 saturated heterocycles. The smallest absolute Gasteiger partial charge is 0.224 e. The second-order valence-electron chi connectivity index (χ2n) is 8.44. The van der Waals surface area contributed by atoms with Crippen LogP contribution in [0.4, 0.5) is 11.4 Å². The summed E-state index contributed by atoms with van der Waals surface area (Å²) in [5.74, 6) is 0.271. The number of hydrogen-bond donors (Lipinski definition) is 1. The molecule has 2 fully saturated rings. The molecule has 166 valence electrons. The second kappa shape index (κ2) is 10.8. The number of piperazine rings is 1. The molecule has 4 rings (SSSR count). The first-order chi connectivity index (χ1) is 15.2. The van der Waals surface area contributed by atoms with Crippen molar-refractivity contribution in [2.75, 3.05) is 62.2 Å². The number of carbonyl (C=O) groups excluding carboxylic acids is 1. The summed E-state index contributed by atoms with van der Waals surface area (Å²) in [5.41, 5.74) is 2.36. The van der Waals surface area contributed by atoms with Crippen LogP contribution in [0.25, 0.3) is 0 Å². The molecule has 2 aliphatic rings. The largest absolute Gasteiger partial charge is 0.371 e. The highest BCUT2D eigenvalue weighted by Crippen LogP contribution is 2.23. The van der Waals surface area contributed by atoms with Crippen molar-refractivity contribution in [3.8, 4) is 0 Å². The molecule has 31 heavy (non-hydrogen) atoms. The molecule has 1 amide bonds. The summed E-state index contributed by atoms with van der Waals surface area (Å²) in [5, 5.41) is 3.96. The minimum Gasteiger partial charge on any atom is -0.371 e. The topological polar surface area (TPSA) is 51.7 Å². The van der Waals surface area contributed by atoms with Crippen LogP contribution in [0.3, 0.4) is 0 Å². The Balaban J connectivity index is 1.14. The van der Waals surface area contributed by atoms with E-state index in [0.29, 0.717) is 0 Å². The molecule has 0 aliphatic carbocycles. The normalized spacial score (nSPS) is 20.0. The summed E-state index contributed by atoms with van der Waals surface area (Å²) in [6, 6.07) is 12.1. The van der Waals surface area contributed by atoms with Gasteiger partial charge in [-0.25, -0.2) is 0 Å². The van der Waals surface area contributed by atoms with E-state index in [1.54, 1.807) is 0 Å². The molecule has 0 bridgehead atoms. The molecule has 0 unspecified atom stereocenters. The van der Waals surface area contributed by atoms with Gasteiger partial charge >= 0.3 is 0 Å². The Morgan fingerprint density at radius 2 is 1.84 bits per heavy atom. The molecule has 1 N–H and O–H groups in total. The number of amides is 1. The third-order valence-corrected chi connectivity index (χ3v) is 6.55. The molecule has 2 aromatic rings. The average Bonchev–Trinajstić information content (AvgIpc) is 2.83. The Morgan fingerprint density at radius 3 is 2.61 bits per heavy atom. The Hall–Kier alpha value is -2.31. The third kappa shape index (κ3) is 6.11. The van der Waals surface area contributed by atoms with Crippen molar-refractivity contribution in [3.63, 3.8) is 0 Å². The molecule has 0 saturated carbocycles. The number of hydrogen-bond acceptors (Lipinski definition) is 5. The minimum atomic E-state index is 0.0724. The molecule has 0 radical (unpaired) electrons. The van der Waals surface area contributed by atoms with Gasteiger partial charge in [-0.2, -0.15) is 0 Å². The number of rotatable bonds is 7. The van der Waals surface area contributed by atoms with Gasteiger partial charge in [-0.05, 0) is 56.1 Å². The average molecular weight is 442 g/mol. The van der Waals surface area contributed by atoms with E-state index in [-0.39, 0.29) is 11.8 Å². The lowest BCUT2D eigenvalue weighted by atomic mass is 9.96. The highest BCUT2D eigenvalue weighted by atomic mass is 35.5. The standard InChI is InChI=1S/C24H32ClN5O/c25-21-5-1-6-23(18-21)29-16-14-28(15-17-29)12-3-9-27-24(31)20-4-2-13-30(19-20)22-7-10-26-11-8-22/h1,5-8,10-11,18,20H,2-4,9,12-17,19H2,(H,27,31)/t20-/m1/s1. The van der Waals surface area contributed by atoms with Crippen molar-refractivity contribution in [1.82, 2.24) is 15.2 Å². The molecule has 7 heteroatoms. The summed E-state index contributed by atoms with van der Waals surface area (Å²) in [7, 11) is 0. The maximum atomic E-state index is 12.7. The Bertz CT molecular complexity index is 841. The van der Waals surface area contributed by atoms with Gasteiger partial charge in [-0.15, -0.1) is 0 Å². The van der Waals surface area contributed by atoms with Crippen molar-refractivity contribution in [3.05, 3.63) is 53.8 Å². The SMILES string of the molecule is O=C(NCCCN1CCN(c2cccc(Cl)c2)CC1)[C@@H]1CCCN(c2ccncc2)C1. The van der Waals surface area contributed by atoms with E-state index in [1.807, 2.05) is 42.7 Å². The zero-order chi connectivity index (χ0) is 21.5. The fraction of sp³-hybridized carbons (Fsp3) is 0.500. The van der Waals surface area contributed by atoms with Crippen molar-refractivity contribution in [2.24, 2.45) is 5.92 Å².